The second kappa shape index (κ2) is 18.8. The maximum Gasteiger partial charge on any atom is 0.245 e. The van der Waals surface area contributed by atoms with E-state index in [1.54, 1.807) is 0 Å². The Hall–Kier alpha value is -5.84. The fourth-order valence-corrected chi connectivity index (χ4v) is 9.65. The number of H-pyrrole nitrogens is 2. The van der Waals surface area contributed by atoms with Gasteiger partial charge in [0.25, 0.3) is 0 Å². The van der Waals surface area contributed by atoms with E-state index in [4.69, 9.17) is 9.97 Å². The van der Waals surface area contributed by atoms with Gasteiger partial charge in [-0.05, 0) is 86.6 Å². The number of carbonyl (C=O) groups excluding carboxylic acids is 2. The molecule has 4 atom stereocenters. The summed E-state index contributed by atoms with van der Waals surface area (Å²) in [5.41, 5.74) is 9.25. The number of aromatic nitrogens is 4. The topological polar surface area (TPSA) is 104 Å². The number of nitrogens with one attached hydrogen (secondary N) is 2. The summed E-state index contributed by atoms with van der Waals surface area (Å²) >= 11 is 0. The number of hydrogen-bond acceptors (Lipinski definition) is 6. The van der Waals surface area contributed by atoms with E-state index in [0.717, 1.165) is 127 Å². The standard InChI is InChI=1S/C51H60N8O2/c1-6-56(7-2)46(40-18-12-10-13-19-40)50(60)58-32-16-22-43(58)48-52-34-42(54-48)38-28-24-36(25-29-38)37-26-30-39(31-27-37)45-35(5)53-49(55-45)44-23-17-33-59(44)51(61)47(57(8-3)9-4)41-20-14-11-15-21-41/h10-15,18-21,24-31,34,43-44,46-47H,6-9,16-17,22-23,32-33H2,1-5H3,(H,52,54)(H,53,55)/t43-,44+,46+,47-/m1/s1. The smallest absolute Gasteiger partial charge is 0.245 e. The van der Waals surface area contributed by atoms with Gasteiger partial charge in [0.15, 0.2) is 0 Å². The third-order valence-electron chi connectivity index (χ3n) is 12.9. The van der Waals surface area contributed by atoms with Crippen molar-refractivity contribution in [2.24, 2.45) is 0 Å². The predicted octanol–water partition coefficient (Wildman–Crippen LogP) is 9.94. The molecule has 2 aliphatic rings. The molecule has 316 valence electrons. The zero-order chi connectivity index (χ0) is 42.5. The molecule has 4 aromatic carbocycles. The summed E-state index contributed by atoms with van der Waals surface area (Å²) in [4.78, 5) is 54.3. The molecule has 0 spiro atoms. The van der Waals surface area contributed by atoms with Gasteiger partial charge in [0.05, 0.1) is 29.7 Å². The number of nitrogens with zero attached hydrogens (tertiary/aromatic N) is 6. The SMILES string of the molecule is CCN(CC)[C@H](C(=O)N1CCC[C@@H]1c1ncc(-c2ccc(-c3ccc(-c4nc([C@@H]5CCCN5C(=O)[C@@H](c5ccccc5)N(CC)CC)[nH]c4C)cc3)cc2)[nH]1)c1ccccc1. The lowest BCUT2D eigenvalue weighted by atomic mass is 10.0. The van der Waals surface area contributed by atoms with E-state index in [0.29, 0.717) is 0 Å². The largest absolute Gasteiger partial charge is 0.344 e. The summed E-state index contributed by atoms with van der Waals surface area (Å²) in [7, 11) is 0. The van der Waals surface area contributed by atoms with Crippen molar-refractivity contribution >= 4 is 11.8 Å². The molecule has 2 saturated heterocycles. The van der Waals surface area contributed by atoms with Crippen molar-refractivity contribution in [3.63, 3.8) is 0 Å². The van der Waals surface area contributed by atoms with Crippen molar-refractivity contribution in [1.82, 2.24) is 39.5 Å². The van der Waals surface area contributed by atoms with Crippen LogP contribution in [0.1, 0.15) is 106 Å². The van der Waals surface area contributed by atoms with E-state index in [9.17, 15) is 9.59 Å². The van der Waals surface area contributed by atoms with Gasteiger partial charge in [0.2, 0.25) is 11.8 Å². The highest BCUT2D eigenvalue weighted by molar-refractivity contribution is 5.85. The Bertz CT molecular complexity index is 2360. The molecule has 2 amide bonds. The van der Waals surface area contributed by atoms with E-state index in [2.05, 4.69) is 132 Å². The minimum atomic E-state index is -0.317. The van der Waals surface area contributed by atoms with Crippen molar-refractivity contribution < 1.29 is 9.59 Å². The van der Waals surface area contributed by atoms with Crippen LogP contribution in [0.3, 0.4) is 0 Å². The van der Waals surface area contributed by atoms with Crippen LogP contribution in [-0.4, -0.2) is 90.6 Å². The fourth-order valence-electron chi connectivity index (χ4n) is 9.65. The number of likely N-dealkylation sites (tertiary alicyclic amines) is 2. The molecule has 2 fully saturated rings. The quantitative estimate of drug-likeness (QED) is 0.107. The first-order valence-electron chi connectivity index (χ1n) is 22.3. The highest BCUT2D eigenvalue weighted by Gasteiger charge is 2.39. The maximum atomic E-state index is 14.3. The molecular formula is C51H60N8O2. The molecular weight excluding hydrogens is 757 g/mol. The maximum absolute atomic E-state index is 14.3. The van der Waals surface area contributed by atoms with E-state index in [1.165, 1.54) is 0 Å². The third-order valence-corrected chi connectivity index (χ3v) is 12.9. The van der Waals surface area contributed by atoms with Crippen LogP contribution >= 0.6 is 0 Å². The lowest BCUT2D eigenvalue weighted by Gasteiger charge is -2.34. The van der Waals surface area contributed by atoms with Gasteiger partial charge >= 0.3 is 0 Å². The van der Waals surface area contributed by atoms with Crippen LogP contribution in [0.2, 0.25) is 0 Å². The zero-order valence-corrected chi connectivity index (χ0v) is 36.3. The van der Waals surface area contributed by atoms with Gasteiger partial charge in [0.1, 0.15) is 23.7 Å². The Balaban J connectivity index is 0.951. The van der Waals surface area contributed by atoms with Crippen LogP contribution in [0, 0.1) is 6.92 Å². The fraction of sp³-hybridized carbons (Fsp3) is 0.373. The molecule has 2 aromatic heterocycles. The van der Waals surface area contributed by atoms with E-state index in [1.807, 2.05) is 47.5 Å². The van der Waals surface area contributed by atoms with Gasteiger partial charge in [-0.3, -0.25) is 19.4 Å². The number of rotatable bonds is 15. The van der Waals surface area contributed by atoms with Gasteiger partial charge < -0.3 is 19.8 Å². The second-order valence-electron chi connectivity index (χ2n) is 16.4. The molecule has 10 heteroatoms. The third kappa shape index (κ3) is 8.57. The zero-order valence-electron chi connectivity index (χ0n) is 36.3. The predicted molar refractivity (Wildman–Crippen MR) is 243 cm³/mol. The Morgan fingerprint density at radius 1 is 0.607 bits per heavy atom. The molecule has 0 aliphatic carbocycles. The molecule has 0 radical (unpaired) electrons. The number of aryl methyl sites for hydroxylation is 1. The Labute approximate surface area is 361 Å². The normalized spacial score (nSPS) is 17.7. The van der Waals surface area contributed by atoms with E-state index in [-0.39, 0.29) is 36.0 Å². The molecule has 10 nitrogen and oxygen atoms in total. The van der Waals surface area contributed by atoms with Gasteiger partial charge in [-0.15, -0.1) is 0 Å². The summed E-state index contributed by atoms with van der Waals surface area (Å²) in [5, 5.41) is 0. The Morgan fingerprint density at radius 3 is 1.52 bits per heavy atom. The molecule has 8 rings (SSSR count). The molecule has 61 heavy (non-hydrogen) atoms. The molecule has 4 heterocycles. The Morgan fingerprint density at radius 2 is 1.05 bits per heavy atom. The summed E-state index contributed by atoms with van der Waals surface area (Å²) < 4.78 is 0. The van der Waals surface area contributed by atoms with Crippen LogP contribution in [0.4, 0.5) is 0 Å². The van der Waals surface area contributed by atoms with Crippen molar-refractivity contribution in [3.8, 4) is 33.6 Å². The second-order valence-corrected chi connectivity index (χ2v) is 16.4. The average Bonchev–Trinajstić information content (AvgIpc) is 4.15. The summed E-state index contributed by atoms with van der Waals surface area (Å²) in [6.45, 7) is 15.2. The number of amides is 2. The molecule has 0 saturated carbocycles. The van der Waals surface area contributed by atoms with Crippen LogP contribution in [0.25, 0.3) is 33.6 Å². The average molecular weight is 817 g/mol. The summed E-state index contributed by atoms with van der Waals surface area (Å²) in [5.74, 6) is 1.98. The summed E-state index contributed by atoms with van der Waals surface area (Å²) in [6.07, 6.45) is 5.57. The number of aromatic amines is 2. The van der Waals surface area contributed by atoms with Crippen LogP contribution < -0.4 is 0 Å². The number of hydrogen-bond donors (Lipinski definition) is 2. The summed E-state index contributed by atoms with van der Waals surface area (Å²) in [6, 6.07) is 36.7. The van der Waals surface area contributed by atoms with E-state index >= 15 is 0 Å². The number of benzene rings is 4. The van der Waals surface area contributed by atoms with E-state index < -0.39 is 0 Å². The van der Waals surface area contributed by atoms with Crippen molar-refractivity contribution in [2.45, 2.75) is 84.5 Å². The lowest BCUT2D eigenvalue weighted by molar-refractivity contribution is -0.139. The van der Waals surface area contributed by atoms with Gasteiger partial charge in [-0.25, -0.2) is 9.97 Å². The first kappa shape index (κ1) is 41.9. The van der Waals surface area contributed by atoms with Crippen molar-refractivity contribution in [1.29, 1.82) is 0 Å². The molecule has 2 aliphatic heterocycles. The molecule has 2 N–H and O–H groups in total. The highest BCUT2D eigenvalue weighted by Crippen LogP contribution is 2.38. The number of carbonyl (C=O) groups is 2. The van der Waals surface area contributed by atoms with Crippen LogP contribution in [0.15, 0.2) is 115 Å². The molecule has 0 bridgehead atoms. The van der Waals surface area contributed by atoms with Gasteiger partial charge in [-0.1, -0.05) is 137 Å². The lowest BCUT2D eigenvalue weighted by Crippen LogP contribution is -2.43. The molecule has 6 aromatic rings. The minimum absolute atomic E-state index is 0.0841. The van der Waals surface area contributed by atoms with Gasteiger partial charge in [0, 0.05) is 24.3 Å². The molecule has 0 unspecified atom stereocenters. The highest BCUT2D eigenvalue weighted by atomic mass is 16.2. The first-order valence-corrected chi connectivity index (χ1v) is 22.3. The minimum Gasteiger partial charge on any atom is -0.344 e. The number of likely N-dealkylation sites (N-methyl/N-ethyl adjacent to an activating group) is 2. The van der Waals surface area contributed by atoms with Crippen LogP contribution in [-0.2, 0) is 9.59 Å². The van der Waals surface area contributed by atoms with Crippen molar-refractivity contribution in [2.75, 3.05) is 39.3 Å². The Kier molecular flexibility index (Phi) is 12.9. The van der Waals surface area contributed by atoms with Gasteiger partial charge in [-0.2, -0.15) is 0 Å². The number of imidazole rings is 2. The van der Waals surface area contributed by atoms with Crippen LogP contribution in [0.5, 0.6) is 0 Å². The van der Waals surface area contributed by atoms with Crippen molar-refractivity contribution in [3.05, 3.63) is 144 Å². The monoisotopic (exact) mass is 816 g/mol. The first-order chi connectivity index (χ1) is 29.8.